The predicted molar refractivity (Wildman–Crippen MR) is 88.7 cm³/mol. The lowest BCUT2D eigenvalue weighted by atomic mass is 10.0. The molecule has 0 aromatic carbocycles. The van der Waals surface area contributed by atoms with Gasteiger partial charge in [0.1, 0.15) is 6.04 Å². The van der Waals surface area contributed by atoms with Crippen LogP contribution in [0.2, 0.25) is 0 Å². The number of amides is 1. The van der Waals surface area contributed by atoms with Gasteiger partial charge in [-0.15, -0.1) is 0 Å². The number of aromatic nitrogens is 4. The van der Waals surface area contributed by atoms with E-state index in [0.29, 0.717) is 5.69 Å². The van der Waals surface area contributed by atoms with Crippen LogP contribution < -0.4 is 10.9 Å². The van der Waals surface area contributed by atoms with Crippen molar-refractivity contribution >= 4 is 11.9 Å². The largest absolute Gasteiger partial charge is 0.480 e. The third kappa shape index (κ3) is 4.46. The fraction of sp³-hybridized carbons (Fsp3) is 0.375. The molecule has 9 heteroatoms. The molecule has 2 heterocycles. The highest BCUT2D eigenvalue weighted by Crippen LogP contribution is 2.09. The van der Waals surface area contributed by atoms with Crippen molar-refractivity contribution in [2.75, 3.05) is 0 Å². The Hall–Kier alpha value is -3.10. The molecule has 132 valence electrons. The smallest absolute Gasteiger partial charge is 0.326 e. The summed E-state index contributed by atoms with van der Waals surface area (Å²) < 4.78 is 0. The molecule has 0 aliphatic carbocycles. The zero-order valence-corrected chi connectivity index (χ0v) is 14.1. The number of aryl methyl sites for hydroxylation is 1. The first-order valence-corrected chi connectivity index (χ1v) is 7.69. The molecule has 0 unspecified atom stereocenters. The number of aliphatic carboxylic acids is 1. The van der Waals surface area contributed by atoms with Gasteiger partial charge in [-0.1, -0.05) is 13.8 Å². The van der Waals surface area contributed by atoms with Gasteiger partial charge in [0.05, 0.1) is 6.42 Å². The van der Waals surface area contributed by atoms with Gasteiger partial charge >= 0.3 is 5.97 Å². The summed E-state index contributed by atoms with van der Waals surface area (Å²) in [5.41, 5.74) is 0.0457. The van der Waals surface area contributed by atoms with Crippen molar-refractivity contribution in [3.63, 3.8) is 0 Å². The van der Waals surface area contributed by atoms with Gasteiger partial charge < -0.3 is 15.4 Å². The Balaban J connectivity index is 2.22. The summed E-state index contributed by atoms with van der Waals surface area (Å²) in [5, 5.41) is 11.5. The van der Waals surface area contributed by atoms with Gasteiger partial charge in [0.15, 0.2) is 11.6 Å². The topological polar surface area (TPSA) is 138 Å². The van der Waals surface area contributed by atoms with Crippen LogP contribution in [-0.2, 0) is 16.0 Å². The van der Waals surface area contributed by atoms with E-state index in [0.717, 1.165) is 0 Å². The highest BCUT2D eigenvalue weighted by molar-refractivity contribution is 5.85. The maximum atomic E-state index is 12.3. The number of carboxylic acids is 1. The van der Waals surface area contributed by atoms with Crippen LogP contribution in [0.25, 0.3) is 11.6 Å². The molecule has 2 aromatic heterocycles. The zero-order valence-electron chi connectivity index (χ0n) is 14.1. The fourth-order valence-corrected chi connectivity index (χ4v) is 2.24. The second-order valence-electron chi connectivity index (χ2n) is 5.86. The molecule has 25 heavy (non-hydrogen) atoms. The van der Waals surface area contributed by atoms with Crippen molar-refractivity contribution in [1.82, 2.24) is 25.3 Å². The molecule has 1 atom stereocenters. The van der Waals surface area contributed by atoms with Crippen LogP contribution in [0.15, 0.2) is 23.3 Å². The second-order valence-corrected chi connectivity index (χ2v) is 5.86. The summed E-state index contributed by atoms with van der Waals surface area (Å²) in [6.45, 7) is 4.97. The number of hydrogen-bond acceptors (Lipinski definition) is 6. The van der Waals surface area contributed by atoms with E-state index in [9.17, 15) is 14.4 Å². The molecule has 0 radical (unpaired) electrons. The van der Waals surface area contributed by atoms with E-state index >= 15 is 0 Å². The van der Waals surface area contributed by atoms with E-state index in [-0.39, 0.29) is 29.6 Å². The minimum atomic E-state index is -1.12. The zero-order chi connectivity index (χ0) is 18.6. The summed E-state index contributed by atoms with van der Waals surface area (Å²) in [7, 11) is 0. The number of carbonyl (C=O) groups excluding carboxylic acids is 1. The van der Waals surface area contributed by atoms with Gasteiger partial charge in [0.25, 0.3) is 5.56 Å². The van der Waals surface area contributed by atoms with Crippen LogP contribution in [-0.4, -0.2) is 43.0 Å². The van der Waals surface area contributed by atoms with Crippen LogP contribution in [0.4, 0.5) is 0 Å². The van der Waals surface area contributed by atoms with Gasteiger partial charge in [-0.2, -0.15) is 0 Å². The molecule has 2 aromatic rings. The van der Waals surface area contributed by atoms with E-state index in [2.05, 4.69) is 25.3 Å². The van der Waals surface area contributed by atoms with Crippen molar-refractivity contribution in [3.05, 3.63) is 40.1 Å². The first-order valence-electron chi connectivity index (χ1n) is 7.69. The molecule has 0 aliphatic heterocycles. The standard InChI is InChI=1S/C16H19N5O4/c1-8(2)12(16(24)25)20-11(22)7-10-9(3)19-14(21-15(10)23)13-17-5-4-6-18-13/h4-6,8,12H,7H2,1-3H3,(H,20,22)(H,24,25)(H,19,21,23)/t12-/m1/s1. The predicted octanol–water partition coefficient (Wildman–Crippen LogP) is 0.303. The quantitative estimate of drug-likeness (QED) is 0.684. The Morgan fingerprint density at radius 2 is 1.92 bits per heavy atom. The molecule has 0 bridgehead atoms. The van der Waals surface area contributed by atoms with Crippen molar-refractivity contribution in [2.45, 2.75) is 33.2 Å². The summed E-state index contributed by atoms with van der Waals surface area (Å²) in [6, 6.07) is 0.623. The maximum Gasteiger partial charge on any atom is 0.326 e. The van der Waals surface area contributed by atoms with Crippen molar-refractivity contribution < 1.29 is 14.7 Å². The highest BCUT2D eigenvalue weighted by Gasteiger charge is 2.24. The molecule has 1 amide bonds. The minimum Gasteiger partial charge on any atom is -0.480 e. The molecule has 3 N–H and O–H groups in total. The Morgan fingerprint density at radius 3 is 2.44 bits per heavy atom. The van der Waals surface area contributed by atoms with Crippen molar-refractivity contribution in [1.29, 1.82) is 0 Å². The molecule has 9 nitrogen and oxygen atoms in total. The molecule has 0 saturated carbocycles. The molecular weight excluding hydrogens is 326 g/mol. The number of H-pyrrole nitrogens is 1. The number of hydrogen-bond donors (Lipinski definition) is 3. The third-order valence-corrected chi connectivity index (χ3v) is 3.59. The molecule has 0 saturated heterocycles. The first kappa shape index (κ1) is 18.2. The van der Waals surface area contributed by atoms with E-state index < -0.39 is 23.5 Å². The maximum absolute atomic E-state index is 12.3. The van der Waals surface area contributed by atoms with Gasteiger partial charge in [-0.05, 0) is 18.9 Å². The number of nitrogens with one attached hydrogen (secondary N) is 2. The molecule has 0 fully saturated rings. The van der Waals surface area contributed by atoms with E-state index in [1.54, 1.807) is 26.8 Å². The lowest BCUT2D eigenvalue weighted by Gasteiger charge is -2.18. The van der Waals surface area contributed by atoms with Crippen LogP contribution in [0.3, 0.4) is 0 Å². The van der Waals surface area contributed by atoms with Gasteiger partial charge in [-0.25, -0.2) is 19.7 Å². The van der Waals surface area contributed by atoms with Crippen LogP contribution in [0.1, 0.15) is 25.1 Å². The number of aromatic amines is 1. The van der Waals surface area contributed by atoms with Crippen LogP contribution >= 0.6 is 0 Å². The monoisotopic (exact) mass is 345 g/mol. The lowest BCUT2D eigenvalue weighted by Crippen LogP contribution is -2.45. The Bertz CT molecular complexity index is 832. The van der Waals surface area contributed by atoms with Crippen LogP contribution in [0, 0.1) is 12.8 Å². The number of carboxylic acid groups (broad SMARTS) is 1. The lowest BCUT2D eigenvalue weighted by molar-refractivity contribution is -0.143. The number of rotatable bonds is 6. The second kappa shape index (κ2) is 7.65. The normalized spacial score (nSPS) is 12.0. The Morgan fingerprint density at radius 1 is 1.28 bits per heavy atom. The minimum absolute atomic E-state index is 0.171. The molecular formula is C16H19N5O4. The number of nitrogens with zero attached hydrogens (tertiary/aromatic N) is 3. The molecule has 2 rings (SSSR count). The van der Waals surface area contributed by atoms with E-state index in [1.165, 1.54) is 12.4 Å². The van der Waals surface area contributed by atoms with Crippen LogP contribution in [0.5, 0.6) is 0 Å². The molecule has 0 aliphatic rings. The van der Waals surface area contributed by atoms with Crippen molar-refractivity contribution in [2.24, 2.45) is 5.92 Å². The average molecular weight is 345 g/mol. The Kier molecular flexibility index (Phi) is 5.58. The highest BCUT2D eigenvalue weighted by atomic mass is 16.4. The van der Waals surface area contributed by atoms with Gasteiger partial charge in [0.2, 0.25) is 5.91 Å². The van der Waals surface area contributed by atoms with E-state index in [4.69, 9.17) is 5.11 Å². The number of carbonyl (C=O) groups is 2. The third-order valence-electron chi connectivity index (χ3n) is 3.59. The van der Waals surface area contributed by atoms with Gasteiger partial charge in [0, 0.05) is 23.7 Å². The van der Waals surface area contributed by atoms with Crippen molar-refractivity contribution in [3.8, 4) is 11.6 Å². The summed E-state index contributed by atoms with van der Waals surface area (Å²) in [5.74, 6) is -1.48. The summed E-state index contributed by atoms with van der Waals surface area (Å²) >= 11 is 0. The summed E-state index contributed by atoms with van der Waals surface area (Å²) in [6.07, 6.45) is 2.79. The average Bonchev–Trinajstić information content (AvgIpc) is 2.56. The Labute approximate surface area is 143 Å². The molecule has 0 spiro atoms. The SMILES string of the molecule is Cc1nc(-c2ncccn2)[nH]c(=O)c1CC(=O)N[C@@H](C(=O)O)C(C)C. The van der Waals surface area contributed by atoms with Gasteiger partial charge in [-0.3, -0.25) is 9.59 Å². The fourth-order valence-electron chi connectivity index (χ4n) is 2.24. The summed E-state index contributed by atoms with van der Waals surface area (Å²) in [4.78, 5) is 50.3. The van der Waals surface area contributed by atoms with E-state index in [1.807, 2.05) is 0 Å². The first-order chi connectivity index (χ1) is 11.8.